The van der Waals surface area contributed by atoms with Gasteiger partial charge in [-0.05, 0) is 49.6 Å². The lowest BCUT2D eigenvalue weighted by Crippen LogP contribution is -2.48. The Kier molecular flexibility index (Phi) is 5.66. The topological polar surface area (TPSA) is 59.2 Å². The number of benzene rings is 2. The van der Waals surface area contributed by atoms with Gasteiger partial charge in [0.15, 0.2) is 0 Å². The number of rotatable bonds is 4. The number of halogens is 3. The third-order valence-corrected chi connectivity index (χ3v) is 6.77. The number of alkyl halides is 3. The molecular weight excluding hydrogens is 431 g/mol. The van der Waals surface area contributed by atoms with E-state index >= 15 is 0 Å². The van der Waals surface area contributed by atoms with Crippen molar-refractivity contribution in [1.82, 2.24) is 15.3 Å². The van der Waals surface area contributed by atoms with E-state index in [-0.39, 0.29) is 17.6 Å². The summed E-state index contributed by atoms with van der Waals surface area (Å²) in [5.41, 5.74) is 2.77. The number of hydrogen-bond acceptors (Lipinski definition) is 4. The number of nitrogens with zero attached hydrogens (tertiary/aromatic N) is 1. The van der Waals surface area contributed by atoms with Crippen LogP contribution in [0.5, 0.6) is 5.75 Å². The second kappa shape index (κ2) is 8.50. The maximum absolute atomic E-state index is 13.0. The van der Waals surface area contributed by atoms with E-state index in [1.165, 1.54) is 11.8 Å². The van der Waals surface area contributed by atoms with Crippen LogP contribution in [0.4, 0.5) is 13.2 Å². The fraction of sp³-hybridized carbons (Fsp3) is 0.400. The zero-order valence-corrected chi connectivity index (χ0v) is 18.3. The lowest BCUT2D eigenvalue weighted by Gasteiger charge is -2.41. The lowest BCUT2D eigenvalue weighted by atomic mass is 9.76. The van der Waals surface area contributed by atoms with Crippen LogP contribution in [0.1, 0.15) is 48.2 Å². The van der Waals surface area contributed by atoms with Crippen LogP contribution >= 0.6 is 0 Å². The first-order valence-electron chi connectivity index (χ1n) is 11.1. The van der Waals surface area contributed by atoms with Crippen molar-refractivity contribution in [2.45, 2.75) is 43.0 Å². The zero-order chi connectivity index (χ0) is 23.1. The van der Waals surface area contributed by atoms with Gasteiger partial charge in [0.1, 0.15) is 5.75 Å². The van der Waals surface area contributed by atoms with E-state index in [0.717, 1.165) is 31.4 Å². The van der Waals surface area contributed by atoms with E-state index in [4.69, 9.17) is 9.47 Å². The molecule has 2 aromatic carbocycles. The number of aromatic nitrogens is 2. The highest BCUT2D eigenvalue weighted by atomic mass is 19.4. The Bertz CT molecular complexity index is 1120. The molecule has 3 heterocycles. The van der Waals surface area contributed by atoms with Crippen LogP contribution in [0, 0.1) is 0 Å². The van der Waals surface area contributed by atoms with E-state index in [1.807, 2.05) is 24.3 Å². The number of imidazole rings is 1. The van der Waals surface area contributed by atoms with Gasteiger partial charge >= 0.3 is 6.18 Å². The molecule has 3 aromatic rings. The van der Waals surface area contributed by atoms with Crippen molar-refractivity contribution < 1.29 is 22.6 Å². The molecule has 1 aromatic heterocycles. The predicted octanol–water partition coefficient (Wildman–Crippen LogP) is 5.47. The van der Waals surface area contributed by atoms with Gasteiger partial charge < -0.3 is 19.8 Å². The summed E-state index contributed by atoms with van der Waals surface area (Å²) < 4.78 is 51.2. The Morgan fingerprint density at radius 2 is 1.97 bits per heavy atom. The summed E-state index contributed by atoms with van der Waals surface area (Å²) in [5, 5.41) is 3.65. The highest BCUT2D eigenvalue weighted by molar-refractivity contribution is 5.62. The number of methoxy groups -OCH3 is 1. The number of hydrogen-bond donors (Lipinski definition) is 2. The molecule has 3 atom stereocenters. The molecule has 2 N–H and O–H groups in total. The average molecular weight is 457 g/mol. The van der Waals surface area contributed by atoms with Crippen LogP contribution in [0.2, 0.25) is 0 Å². The molecule has 5 rings (SSSR count). The monoisotopic (exact) mass is 457 g/mol. The van der Waals surface area contributed by atoms with Crippen LogP contribution in [0.25, 0.3) is 11.3 Å². The average Bonchev–Trinajstić information content (AvgIpc) is 3.48. The molecule has 0 unspecified atom stereocenters. The Hall–Kier alpha value is -2.84. The number of nitrogens with one attached hydrogen (secondary N) is 2. The highest BCUT2D eigenvalue weighted by Gasteiger charge is 2.49. The molecule has 2 saturated heterocycles. The maximum atomic E-state index is 13.0. The van der Waals surface area contributed by atoms with Gasteiger partial charge in [0.25, 0.3) is 0 Å². The highest BCUT2D eigenvalue weighted by Crippen LogP contribution is 2.50. The summed E-state index contributed by atoms with van der Waals surface area (Å²) in [6.45, 7) is 1.47. The third-order valence-electron chi connectivity index (χ3n) is 6.77. The molecule has 0 amide bonds. The van der Waals surface area contributed by atoms with E-state index in [1.54, 1.807) is 19.2 Å². The van der Waals surface area contributed by atoms with Gasteiger partial charge in [-0.25, -0.2) is 4.98 Å². The fourth-order valence-electron chi connectivity index (χ4n) is 5.24. The van der Waals surface area contributed by atoms with Crippen molar-refractivity contribution >= 4 is 0 Å². The summed E-state index contributed by atoms with van der Waals surface area (Å²) in [5.74, 6) is -0.229. The van der Waals surface area contributed by atoms with Crippen LogP contribution < -0.4 is 10.1 Å². The second-order valence-electron chi connectivity index (χ2n) is 8.78. The fourth-order valence-corrected chi connectivity index (χ4v) is 5.24. The SMILES string of the molecule is COc1ccc(-c2cnc(C(F)(F)F)[nH]2)cc1[C@H]1CO[C@]2(CCCN[C@H]2c2ccccc2)C1. The molecule has 33 heavy (non-hydrogen) atoms. The quantitative estimate of drug-likeness (QED) is 0.545. The van der Waals surface area contributed by atoms with Gasteiger partial charge in [-0.3, -0.25) is 0 Å². The van der Waals surface area contributed by atoms with E-state index in [0.29, 0.717) is 23.6 Å². The van der Waals surface area contributed by atoms with Crippen molar-refractivity contribution in [3.8, 4) is 17.0 Å². The summed E-state index contributed by atoms with van der Waals surface area (Å²) in [4.78, 5) is 5.89. The van der Waals surface area contributed by atoms with Crippen molar-refractivity contribution in [3.63, 3.8) is 0 Å². The standard InChI is InChI=1S/C25H26F3N3O2/c1-32-21-9-8-17(20-14-30-23(31-20)25(26,27)28)12-19(21)18-13-24(33-15-18)10-5-11-29-22(24)16-6-3-2-4-7-16/h2-4,6-9,12,14,18,22,29H,5,10-11,13,15H2,1H3,(H,30,31)/t18-,22+,24-/m1/s1. The molecule has 0 radical (unpaired) electrons. The first-order chi connectivity index (χ1) is 15.9. The smallest absolute Gasteiger partial charge is 0.449 e. The summed E-state index contributed by atoms with van der Waals surface area (Å²) in [6, 6.07) is 15.9. The van der Waals surface area contributed by atoms with Crippen molar-refractivity contribution in [2.24, 2.45) is 0 Å². The zero-order valence-electron chi connectivity index (χ0n) is 18.3. The third kappa shape index (κ3) is 4.13. The Balaban J connectivity index is 1.46. The van der Waals surface area contributed by atoms with Gasteiger partial charge in [0.05, 0.1) is 37.3 Å². The van der Waals surface area contributed by atoms with Gasteiger partial charge in [-0.15, -0.1) is 0 Å². The van der Waals surface area contributed by atoms with Gasteiger partial charge in [0, 0.05) is 17.0 Å². The van der Waals surface area contributed by atoms with E-state index in [9.17, 15) is 13.2 Å². The minimum Gasteiger partial charge on any atom is -0.496 e. The molecule has 2 fully saturated rings. The largest absolute Gasteiger partial charge is 0.496 e. The van der Waals surface area contributed by atoms with Crippen LogP contribution in [0.3, 0.4) is 0 Å². The first-order valence-corrected chi connectivity index (χ1v) is 11.1. The first kappa shape index (κ1) is 22.0. The summed E-state index contributed by atoms with van der Waals surface area (Å²) >= 11 is 0. The maximum Gasteiger partial charge on any atom is 0.449 e. The molecule has 0 bridgehead atoms. The molecule has 0 aliphatic carbocycles. The van der Waals surface area contributed by atoms with Crippen LogP contribution in [-0.2, 0) is 10.9 Å². The number of H-pyrrole nitrogens is 1. The normalized spacial score (nSPS) is 25.5. The Morgan fingerprint density at radius 1 is 1.15 bits per heavy atom. The molecule has 8 heteroatoms. The van der Waals surface area contributed by atoms with Crippen LogP contribution in [0.15, 0.2) is 54.7 Å². The van der Waals surface area contributed by atoms with Gasteiger partial charge in [0.2, 0.25) is 5.82 Å². The van der Waals surface area contributed by atoms with E-state index in [2.05, 4.69) is 27.4 Å². The molecule has 5 nitrogen and oxygen atoms in total. The number of aromatic amines is 1. The Morgan fingerprint density at radius 3 is 2.70 bits per heavy atom. The molecular formula is C25H26F3N3O2. The molecule has 2 aliphatic heterocycles. The van der Waals surface area contributed by atoms with Crippen molar-refractivity contribution in [1.29, 1.82) is 0 Å². The van der Waals surface area contributed by atoms with E-state index < -0.39 is 12.0 Å². The second-order valence-corrected chi connectivity index (χ2v) is 8.78. The van der Waals surface area contributed by atoms with Crippen molar-refractivity contribution in [3.05, 3.63) is 71.7 Å². The summed E-state index contributed by atoms with van der Waals surface area (Å²) in [7, 11) is 1.61. The van der Waals surface area contributed by atoms with Gasteiger partial charge in [-0.2, -0.15) is 13.2 Å². The van der Waals surface area contributed by atoms with Crippen LogP contribution in [-0.4, -0.2) is 35.8 Å². The summed E-state index contributed by atoms with van der Waals surface area (Å²) in [6.07, 6.45) is -0.511. The molecule has 1 spiro atoms. The minimum absolute atomic E-state index is 0.0658. The molecule has 174 valence electrons. The number of ether oxygens (including phenoxy) is 2. The number of piperidine rings is 1. The molecule has 2 aliphatic rings. The van der Waals surface area contributed by atoms with Gasteiger partial charge in [-0.1, -0.05) is 30.3 Å². The Labute approximate surface area is 190 Å². The molecule has 0 saturated carbocycles. The lowest BCUT2D eigenvalue weighted by molar-refractivity contribution is -0.144. The minimum atomic E-state index is -4.51. The van der Waals surface area contributed by atoms with Crippen molar-refractivity contribution in [2.75, 3.05) is 20.3 Å². The predicted molar refractivity (Wildman–Crippen MR) is 118 cm³/mol.